The molecule has 0 bridgehead atoms. The summed E-state index contributed by atoms with van der Waals surface area (Å²) in [5.41, 5.74) is -0.179. The molecule has 2 nitrogen and oxygen atoms in total. The van der Waals surface area contributed by atoms with Gasteiger partial charge in [0.2, 0.25) is 0 Å². The first-order valence-corrected chi connectivity index (χ1v) is 4.25. The van der Waals surface area contributed by atoms with Crippen LogP contribution in [0.3, 0.4) is 0 Å². The first kappa shape index (κ1) is 11.5. The van der Waals surface area contributed by atoms with E-state index in [9.17, 15) is 0 Å². The molecule has 0 atom stereocenters. The molecule has 0 aromatic heterocycles. The second-order valence-corrected chi connectivity index (χ2v) is 5.34. The molecule has 0 fully saturated rings. The predicted octanol–water partition coefficient (Wildman–Crippen LogP) is 2.08. The average molecular weight is 200 g/mol. The molecule has 0 saturated carbocycles. The summed E-state index contributed by atoms with van der Waals surface area (Å²) >= 11 is 11.3. The molecule has 0 spiro atoms. The largest absolute Gasteiger partial charge is 0.329 e. The highest BCUT2D eigenvalue weighted by Gasteiger charge is 2.30. The molecule has 11 heavy (non-hydrogen) atoms. The van der Waals surface area contributed by atoms with Crippen molar-refractivity contribution < 1.29 is 4.48 Å². The lowest BCUT2D eigenvalue weighted by atomic mass is 10.1. The summed E-state index contributed by atoms with van der Waals surface area (Å²) in [7, 11) is 6.33. The van der Waals surface area contributed by atoms with Crippen molar-refractivity contribution in [2.45, 2.75) is 19.4 Å². The molecule has 0 aliphatic heterocycles. The minimum Gasteiger partial charge on any atom is -0.329 e. The van der Waals surface area contributed by atoms with Gasteiger partial charge in [0.1, 0.15) is 0 Å². The number of likely N-dealkylation sites (N-methyl/N-ethyl adjacent to an activating group) is 1. The van der Waals surface area contributed by atoms with Crippen LogP contribution in [0, 0.1) is 0 Å². The van der Waals surface area contributed by atoms with Crippen LogP contribution in [0.2, 0.25) is 0 Å². The third-order valence-electron chi connectivity index (χ3n) is 1.32. The molecule has 0 aliphatic carbocycles. The molecule has 0 unspecified atom stereocenters. The molecule has 0 saturated heterocycles. The van der Waals surface area contributed by atoms with Crippen LogP contribution in [0.5, 0.6) is 0 Å². The van der Waals surface area contributed by atoms with E-state index in [1.54, 1.807) is 0 Å². The van der Waals surface area contributed by atoms with Gasteiger partial charge in [-0.1, -0.05) is 0 Å². The van der Waals surface area contributed by atoms with Crippen LogP contribution in [0.1, 0.15) is 13.8 Å². The fraction of sp³-hybridized carbons (Fsp3) is 1.00. The fourth-order valence-electron chi connectivity index (χ4n) is 1.21. The Morgan fingerprint density at radius 2 is 1.55 bits per heavy atom. The van der Waals surface area contributed by atoms with Crippen molar-refractivity contribution in [3.8, 4) is 0 Å². The van der Waals surface area contributed by atoms with Gasteiger partial charge in [0.15, 0.2) is 0 Å². The van der Waals surface area contributed by atoms with Crippen molar-refractivity contribution in [3.63, 3.8) is 0 Å². The number of halogens is 2. The van der Waals surface area contributed by atoms with Gasteiger partial charge < -0.3 is 4.48 Å². The average Bonchev–Trinajstić information content (AvgIpc) is 1.56. The lowest BCUT2D eigenvalue weighted by Gasteiger charge is -2.35. The molecule has 0 aliphatic rings. The Labute approximate surface area is 79.5 Å². The van der Waals surface area contributed by atoms with Gasteiger partial charge in [-0.2, -0.15) is 0 Å². The molecule has 68 valence electrons. The van der Waals surface area contributed by atoms with Crippen LogP contribution in [-0.2, 0) is 0 Å². The Bertz CT molecular complexity index is 127. The number of hydrogen-bond donors (Lipinski definition) is 0. The van der Waals surface area contributed by atoms with Crippen LogP contribution >= 0.6 is 23.6 Å². The topological polar surface area (TPSA) is 3.24 Å². The van der Waals surface area contributed by atoms with Gasteiger partial charge in [-0.25, -0.2) is 0 Å². The van der Waals surface area contributed by atoms with Gasteiger partial charge in [0.25, 0.3) is 0 Å². The van der Waals surface area contributed by atoms with E-state index < -0.39 is 0 Å². The van der Waals surface area contributed by atoms with E-state index in [0.29, 0.717) is 0 Å². The van der Waals surface area contributed by atoms with Crippen molar-refractivity contribution in [1.29, 1.82) is 0 Å². The van der Waals surface area contributed by atoms with Crippen LogP contribution in [0.4, 0.5) is 0 Å². The first-order chi connectivity index (χ1) is 4.65. The smallest absolute Gasteiger partial charge is 0.0988 e. The van der Waals surface area contributed by atoms with E-state index in [0.717, 1.165) is 11.0 Å². The predicted molar refractivity (Wildman–Crippen MR) is 50.5 cm³/mol. The number of nitrogens with zero attached hydrogens (tertiary/aromatic N) is 2. The van der Waals surface area contributed by atoms with E-state index in [-0.39, 0.29) is 5.54 Å². The van der Waals surface area contributed by atoms with Crippen LogP contribution < -0.4 is 0 Å². The highest BCUT2D eigenvalue weighted by molar-refractivity contribution is 6.34. The lowest BCUT2D eigenvalue weighted by Crippen LogP contribution is -2.50. The maximum Gasteiger partial charge on any atom is 0.0988 e. The van der Waals surface area contributed by atoms with Crippen molar-refractivity contribution in [2.24, 2.45) is 0 Å². The molecule has 0 aromatic rings. The fourth-order valence-corrected chi connectivity index (χ4v) is 1.32. The van der Waals surface area contributed by atoms with Crippen molar-refractivity contribution >= 4 is 23.6 Å². The van der Waals surface area contributed by atoms with Crippen LogP contribution in [0.15, 0.2) is 0 Å². The molecular weight excluding hydrogens is 183 g/mol. The molecule has 0 rings (SSSR count). The standard InChI is InChI=1S/C7H17Cl2N2/c1-7(2,10(8)9)6-11(3,4)5/h6H2,1-5H3/q+1. The zero-order valence-corrected chi connectivity index (χ0v) is 9.37. The van der Waals surface area contributed by atoms with Gasteiger partial charge in [-0.15, -0.1) is 3.94 Å². The van der Waals surface area contributed by atoms with E-state index in [1.165, 1.54) is 3.94 Å². The molecule has 0 amide bonds. The highest BCUT2D eigenvalue weighted by Crippen LogP contribution is 2.21. The quantitative estimate of drug-likeness (QED) is 0.498. The number of quaternary nitrogens is 1. The highest BCUT2D eigenvalue weighted by atomic mass is 35.5. The molecule has 0 heterocycles. The summed E-state index contributed by atoms with van der Waals surface area (Å²) < 4.78 is 2.07. The molecule has 0 aromatic carbocycles. The van der Waals surface area contributed by atoms with E-state index >= 15 is 0 Å². The molecule has 0 N–H and O–H groups in total. The van der Waals surface area contributed by atoms with Crippen LogP contribution in [-0.4, -0.2) is 41.6 Å². The van der Waals surface area contributed by atoms with Crippen molar-refractivity contribution in [2.75, 3.05) is 27.7 Å². The van der Waals surface area contributed by atoms with Crippen LogP contribution in [0.25, 0.3) is 0 Å². The summed E-state index contributed by atoms with van der Waals surface area (Å²) in [6, 6.07) is 0. The minimum absolute atomic E-state index is 0.179. The second kappa shape index (κ2) is 3.48. The van der Waals surface area contributed by atoms with E-state index in [1.807, 2.05) is 13.8 Å². The summed E-state index contributed by atoms with van der Waals surface area (Å²) in [4.78, 5) is 0. The first-order valence-electron chi connectivity index (χ1n) is 3.57. The van der Waals surface area contributed by atoms with E-state index in [2.05, 4.69) is 21.1 Å². The lowest BCUT2D eigenvalue weighted by molar-refractivity contribution is -0.874. The van der Waals surface area contributed by atoms with Crippen molar-refractivity contribution in [1.82, 2.24) is 3.94 Å². The summed E-state index contributed by atoms with van der Waals surface area (Å²) in [6.45, 7) is 4.92. The summed E-state index contributed by atoms with van der Waals surface area (Å²) in [5.74, 6) is 0. The third-order valence-corrected chi connectivity index (χ3v) is 2.23. The Morgan fingerprint density at radius 1 is 1.18 bits per heavy atom. The third kappa shape index (κ3) is 4.86. The Kier molecular flexibility index (Phi) is 3.64. The van der Waals surface area contributed by atoms with Gasteiger partial charge in [0, 0.05) is 0 Å². The SMILES string of the molecule is CC(C)(C[N+](C)(C)C)N(Cl)Cl. The Morgan fingerprint density at radius 3 is 1.64 bits per heavy atom. The van der Waals surface area contributed by atoms with Gasteiger partial charge in [0.05, 0.1) is 33.2 Å². The Hall–Kier alpha value is 0.500. The van der Waals surface area contributed by atoms with Gasteiger partial charge >= 0.3 is 0 Å². The molecule has 4 heteroatoms. The number of hydrogen-bond acceptors (Lipinski definition) is 1. The summed E-state index contributed by atoms with van der Waals surface area (Å²) in [6.07, 6.45) is 0. The second-order valence-electron chi connectivity index (χ2n) is 4.49. The zero-order chi connectivity index (χ0) is 9.28. The minimum atomic E-state index is -0.179. The van der Waals surface area contributed by atoms with Crippen molar-refractivity contribution in [3.05, 3.63) is 0 Å². The molecule has 0 radical (unpaired) electrons. The zero-order valence-electron chi connectivity index (χ0n) is 7.86. The molecular formula is C7H17Cl2N2+. The van der Waals surface area contributed by atoms with Gasteiger partial charge in [-0.3, -0.25) is 0 Å². The Balaban J connectivity index is 4.13. The van der Waals surface area contributed by atoms with Gasteiger partial charge in [-0.05, 0) is 37.4 Å². The maximum absolute atomic E-state index is 5.66. The monoisotopic (exact) mass is 199 g/mol. The maximum atomic E-state index is 5.66. The number of rotatable bonds is 3. The normalized spacial score (nSPS) is 14.2. The summed E-state index contributed by atoms with van der Waals surface area (Å²) in [5, 5.41) is 0. The van der Waals surface area contributed by atoms with E-state index in [4.69, 9.17) is 23.6 Å².